The maximum atomic E-state index is 10.8. The average molecular weight is 241 g/mol. The van der Waals surface area contributed by atoms with Gasteiger partial charge in [0.1, 0.15) is 0 Å². The molecule has 0 radical (unpaired) electrons. The van der Waals surface area contributed by atoms with Gasteiger partial charge in [-0.2, -0.15) is 0 Å². The molecule has 92 valence electrons. The zero-order valence-electron chi connectivity index (χ0n) is 10.2. The first-order valence-electron chi connectivity index (χ1n) is 5.74. The molecule has 0 aromatic heterocycles. The van der Waals surface area contributed by atoms with E-state index in [0.29, 0.717) is 11.3 Å². The Morgan fingerprint density at radius 3 is 2.44 bits per heavy atom. The van der Waals surface area contributed by atoms with Crippen LogP contribution in [-0.4, -0.2) is 11.1 Å². The summed E-state index contributed by atoms with van der Waals surface area (Å²) in [7, 11) is 0. The molecule has 0 fully saturated rings. The van der Waals surface area contributed by atoms with Gasteiger partial charge in [-0.15, -0.1) is 0 Å². The maximum absolute atomic E-state index is 10.8. The quantitative estimate of drug-likeness (QED) is 0.812. The first-order valence-corrected chi connectivity index (χ1v) is 5.74. The van der Waals surface area contributed by atoms with Crippen molar-refractivity contribution in [2.24, 2.45) is 0 Å². The summed E-state index contributed by atoms with van der Waals surface area (Å²) in [5, 5.41) is 8.87. The smallest absolute Gasteiger partial charge is 0.307 e. The molecule has 0 aliphatic rings. The van der Waals surface area contributed by atoms with Crippen molar-refractivity contribution in [3.63, 3.8) is 0 Å². The number of aliphatic carboxylic acids is 1. The lowest BCUT2D eigenvalue weighted by Crippen LogP contribution is -2.05. The van der Waals surface area contributed by atoms with Gasteiger partial charge < -0.3 is 10.8 Å². The van der Waals surface area contributed by atoms with Gasteiger partial charge in [-0.3, -0.25) is 4.79 Å². The standard InChI is InChI=1S/C15H15NO2/c1-10-7-8-12(9-13(17)18)15(16)14(10)11-5-3-2-4-6-11/h2-8H,9,16H2,1H3,(H,17,18). The molecular formula is C15H15NO2. The predicted octanol–water partition coefficient (Wildman–Crippen LogP) is 2.87. The number of benzene rings is 2. The minimum atomic E-state index is -0.871. The van der Waals surface area contributed by atoms with Crippen LogP contribution in [-0.2, 0) is 11.2 Å². The second kappa shape index (κ2) is 4.92. The molecule has 0 aliphatic carbocycles. The topological polar surface area (TPSA) is 63.3 Å². The van der Waals surface area contributed by atoms with Crippen LogP contribution >= 0.6 is 0 Å². The first-order chi connectivity index (χ1) is 8.59. The fraction of sp³-hybridized carbons (Fsp3) is 0.133. The molecule has 18 heavy (non-hydrogen) atoms. The van der Waals surface area contributed by atoms with E-state index in [4.69, 9.17) is 10.8 Å². The minimum Gasteiger partial charge on any atom is -0.481 e. The van der Waals surface area contributed by atoms with E-state index in [1.807, 2.05) is 43.3 Å². The molecule has 0 unspecified atom stereocenters. The predicted molar refractivity (Wildman–Crippen MR) is 72.4 cm³/mol. The summed E-state index contributed by atoms with van der Waals surface area (Å²) >= 11 is 0. The lowest BCUT2D eigenvalue weighted by molar-refractivity contribution is -0.136. The van der Waals surface area contributed by atoms with Crippen molar-refractivity contribution < 1.29 is 9.90 Å². The summed E-state index contributed by atoms with van der Waals surface area (Å²) in [5.74, 6) is -0.871. The summed E-state index contributed by atoms with van der Waals surface area (Å²) in [5.41, 5.74) is 10.3. The number of carbonyl (C=O) groups is 1. The van der Waals surface area contributed by atoms with Gasteiger partial charge in [0.15, 0.2) is 0 Å². The third-order valence-electron chi connectivity index (χ3n) is 2.95. The van der Waals surface area contributed by atoms with Crippen LogP contribution < -0.4 is 5.73 Å². The number of anilines is 1. The highest BCUT2D eigenvalue weighted by molar-refractivity contribution is 5.84. The van der Waals surface area contributed by atoms with Crippen LogP contribution in [0.2, 0.25) is 0 Å². The van der Waals surface area contributed by atoms with Crippen LogP contribution in [0.5, 0.6) is 0 Å². The van der Waals surface area contributed by atoms with E-state index in [1.54, 1.807) is 6.07 Å². The molecule has 2 aromatic carbocycles. The van der Waals surface area contributed by atoms with Crippen LogP contribution in [0.25, 0.3) is 11.1 Å². The van der Waals surface area contributed by atoms with E-state index in [1.165, 1.54) is 0 Å². The average Bonchev–Trinajstić information content (AvgIpc) is 2.34. The van der Waals surface area contributed by atoms with Gasteiger partial charge in [-0.1, -0.05) is 42.5 Å². The lowest BCUT2D eigenvalue weighted by atomic mass is 9.94. The zero-order valence-corrected chi connectivity index (χ0v) is 10.2. The van der Waals surface area contributed by atoms with Crippen LogP contribution in [0.15, 0.2) is 42.5 Å². The highest BCUT2D eigenvalue weighted by Gasteiger charge is 2.12. The van der Waals surface area contributed by atoms with Gasteiger partial charge in [-0.05, 0) is 23.6 Å². The van der Waals surface area contributed by atoms with Crippen molar-refractivity contribution in [1.82, 2.24) is 0 Å². The fourth-order valence-corrected chi connectivity index (χ4v) is 2.08. The lowest BCUT2D eigenvalue weighted by Gasteiger charge is -2.13. The molecule has 0 spiro atoms. The van der Waals surface area contributed by atoms with Gasteiger partial charge in [0.05, 0.1) is 6.42 Å². The van der Waals surface area contributed by atoms with E-state index in [2.05, 4.69) is 0 Å². The van der Waals surface area contributed by atoms with E-state index >= 15 is 0 Å². The number of rotatable bonds is 3. The van der Waals surface area contributed by atoms with Crippen molar-refractivity contribution in [3.8, 4) is 11.1 Å². The summed E-state index contributed by atoms with van der Waals surface area (Å²) in [6.07, 6.45) is -0.0497. The second-order valence-corrected chi connectivity index (χ2v) is 4.27. The number of hydrogen-bond acceptors (Lipinski definition) is 2. The molecule has 2 rings (SSSR count). The van der Waals surface area contributed by atoms with E-state index < -0.39 is 5.97 Å². The van der Waals surface area contributed by atoms with E-state index in [0.717, 1.165) is 16.7 Å². The first kappa shape index (κ1) is 12.2. The Bertz CT molecular complexity index is 577. The second-order valence-electron chi connectivity index (χ2n) is 4.27. The monoisotopic (exact) mass is 241 g/mol. The molecule has 0 bridgehead atoms. The molecule has 0 aliphatic heterocycles. The van der Waals surface area contributed by atoms with Gasteiger partial charge >= 0.3 is 5.97 Å². The summed E-state index contributed by atoms with van der Waals surface area (Å²) in [6, 6.07) is 13.5. The van der Waals surface area contributed by atoms with Gasteiger partial charge in [-0.25, -0.2) is 0 Å². The van der Waals surface area contributed by atoms with Crippen LogP contribution in [0, 0.1) is 6.92 Å². The molecule has 0 amide bonds. The van der Waals surface area contributed by atoms with Crippen LogP contribution in [0.3, 0.4) is 0 Å². The van der Waals surface area contributed by atoms with Crippen molar-refractivity contribution in [1.29, 1.82) is 0 Å². The minimum absolute atomic E-state index is 0.0497. The maximum Gasteiger partial charge on any atom is 0.307 e. The Balaban J connectivity index is 2.56. The molecule has 3 nitrogen and oxygen atoms in total. The van der Waals surface area contributed by atoms with E-state index in [9.17, 15) is 4.79 Å². The van der Waals surface area contributed by atoms with E-state index in [-0.39, 0.29) is 6.42 Å². The molecule has 0 saturated heterocycles. The van der Waals surface area contributed by atoms with Crippen molar-refractivity contribution in [3.05, 3.63) is 53.6 Å². The molecule has 0 atom stereocenters. The molecular weight excluding hydrogens is 226 g/mol. The van der Waals surface area contributed by atoms with Gasteiger partial charge in [0, 0.05) is 11.3 Å². The Labute approximate surface area is 106 Å². The third kappa shape index (κ3) is 2.35. The number of carboxylic acid groups (broad SMARTS) is 1. The molecule has 0 saturated carbocycles. The van der Waals surface area contributed by atoms with Crippen LogP contribution in [0.1, 0.15) is 11.1 Å². The third-order valence-corrected chi connectivity index (χ3v) is 2.95. The van der Waals surface area contributed by atoms with Gasteiger partial charge in [0.25, 0.3) is 0 Å². The van der Waals surface area contributed by atoms with Gasteiger partial charge in [0.2, 0.25) is 0 Å². The summed E-state index contributed by atoms with van der Waals surface area (Å²) < 4.78 is 0. The zero-order chi connectivity index (χ0) is 13.1. The number of carboxylic acids is 1. The molecule has 0 heterocycles. The number of aryl methyl sites for hydroxylation is 1. The Hall–Kier alpha value is -2.29. The SMILES string of the molecule is Cc1ccc(CC(=O)O)c(N)c1-c1ccccc1. The largest absolute Gasteiger partial charge is 0.481 e. The highest BCUT2D eigenvalue weighted by atomic mass is 16.4. The fourth-order valence-electron chi connectivity index (χ4n) is 2.08. The van der Waals surface area contributed by atoms with Crippen molar-refractivity contribution in [2.45, 2.75) is 13.3 Å². The summed E-state index contributed by atoms with van der Waals surface area (Å²) in [4.78, 5) is 10.8. The Morgan fingerprint density at radius 2 is 1.83 bits per heavy atom. The molecule has 2 aromatic rings. The van der Waals surface area contributed by atoms with Crippen molar-refractivity contribution in [2.75, 3.05) is 5.73 Å². The number of nitrogens with two attached hydrogens (primary N) is 1. The highest BCUT2D eigenvalue weighted by Crippen LogP contribution is 2.32. The Kier molecular flexibility index (Phi) is 3.33. The number of hydrogen-bond donors (Lipinski definition) is 2. The molecule has 3 heteroatoms. The van der Waals surface area contributed by atoms with Crippen molar-refractivity contribution >= 4 is 11.7 Å². The molecule has 3 N–H and O–H groups in total. The number of nitrogen functional groups attached to an aromatic ring is 1. The Morgan fingerprint density at radius 1 is 1.17 bits per heavy atom. The normalized spacial score (nSPS) is 10.3. The van der Waals surface area contributed by atoms with Crippen LogP contribution in [0.4, 0.5) is 5.69 Å². The summed E-state index contributed by atoms with van der Waals surface area (Å²) in [6.45, 7) is 1.98.